The number of rotatable bonds is 8. The molecule has 1 unspecified atom stereocenters. The standard InChI is InChI=1S/C12H23N3S/c1-4-16-10-5-11(2)13-6-8-15-9-7-14-12(15)3/h7,9,11,13H,4-6,8,10H2,1-3H3. The number of nitrogens with one attached hydrogen (secondary N) is 1. The first-order valence-electron chi connectivity index (χ1n) is 6.03. The maximum atomic E-state index is 4.21. The van der Waals surface area contributed by atoms with Crippen LogP contribution in [0.3, 0.4) is 0 Å². The Morgan fingerprint density at radius 2 is 2.38 bits per heavy atom. The fourth-order valence-corrected chi connectivity index (χ4v) is 2.39. The average molecular weight is 241 g/mol. The van der Waals surface area contributed by atoms with Gasteiger partial charge in [-0.15, -0.1) is 0 Å². The van der Waals surface area contributed by atoms with Gasteiger partial charge in [0.05, 0.1) is 0 Å². The lowest BCUT2D eigenvalue weighted by Gasteiger charge is -2.14. The molecule has 16 heavy (non-hydrogen) atoms. The number of hydrogen-bond donors (Lipinski definition) is 1. The summed E-state index contributed by atoms with van der Waals surface area (Å²) in [5.41, 5.74) is 0. The van der Waals surface area contributed by atoms with Gasteiger partial charge in [-0.3, -0.25) is 0 Å². The van der Waals surface area contributed by atoms with Crippen LogP contribution < -0.4 is 5.32 Å². The van der Waals surface area contributed by atoms with Gasteiger partial charge in [-0.25, -0.2) is 4.98 Å². The maximum Gasteiger partial charge on any atom is 0.105 e. The molecule has 0 radical (unpaired) electrons. The number of aromatic nitrogens is 2. The molecule has 3 nitrogen and oxygen atoms in total. The monoisotopic (exact) mass is 241 g/mol. The number of hydrogen-bond acceptors (Lipinski definition) is 3. The minimum atomic E-state index is 0.614. The van der Waals surface area contributed by atoms with Crippen molar-refractivity contribution < 1.29 is 0 Å². The Hall–Kier alpha value is -0.480. The molecule has 0 aromatic carbocycles. The van der Waals surface area contributed by atoms with E-state index in [1.807, 2.05) is 31.1 Å². The average Bonchev–Trinajstić information content (AvgIpc) is 2.65. The van der Waals surface area contributed by atoms with Crippen LogP contribution in [0.4, 0.5) is 0 Å². The first-order valence-corrected chi connectivity index (χ1v) is 7.18. The molecule has 0 amide bonds. The summed E-state index contributed by atoms with van der Waals surface area (Å²) in [5.74, 6) is 3.58. The normalized spacial score (nSPS) is 12.9. The van der Waals surface area contributed by atoms with E-state index in [1.54, 1.807) is 0 Å². The lowest BCUT2D eigenvalue weighted by molar-refractivity contribution is 0.503. The van der Waals surface area contributed by atoms with Crippen LogP contribution in [-0.4, -0.2) is 33.6 Å². The van der Waals surface area contributed by atoms with Crippen LogP contribution in [0.2, 0.25) is 0 Å². The molecule has 0 bridgehead atoms. The highest BCUT2D eigenvalue weighted by atomic mass is 32.2. The second-order valence-corrected chi connectivity index (χ2v) is 5.40. The van der Waals surface area contributed by atoms with Crippen LogP contribution in [0.1, 0.15) is 26.1 Å². The Morgan fingerprint density at radius 3 is 3.00 bits per heavy atom. The minimum absolute atomic E-state index is 0.614. The SMILES string of the molecule is CCSCCC(C)NCCn1ccnc1C. The maximum absolute atomic E-state index is 4.21. The van der Waals surface area contributed by atoms with Crippen molar-refractivity contribution in [1.29, 1.82) is 0 Å². The second kappa shape index (κ2) is 7.74. The zero-order chi connectivity index (χ0) is 11.8. The van der Waals surface area contributed by atoms with Gasteiger partial charge in [-0.2, -0.15) is 11.8 Å². The van der Waals surface area contributed by atoms with Gasteiger partial charge < -0.3 is 9.88 Å². The molecule has 92 valence electrons. The van der Waals surface area contributed by atoms with E-state index >= 15 is 0 Å². The summed E-state index contributed by atoms with van der Waals surface area (Å²) in [5, 5.41) is 3.55. The van der Waals surface area contributed by atoms with Gasteiger partial charge >= 0.3 is 0 Å². The third kappa shape index (κ3) is 5.03. The first kappa shape index (κ1) is 13.6. The van der Waals surface area contributed by atoms with E-state index in [0.717, 1.165) is 18.9 Å². The Labute approximate surface area is 103 Å². The van der Waals surface area contributed by atoms with Gasteiger partial charge in [0.25, 0.3) is 0 Å². The molecule has 0 aliphatic carbocycles. The first-order chi connectivity index (χ1) is 7.74. The van der Waals surface area contributed by atoms with Crippen molar-refractivity contribution in [2.24, 2.45) is 0 Å². The molecule has 0 saturated heterocycles. The Kier molecular flexibility index (Phi) is 6.57. The number of nitrogens with zero attached hydrogens (tertiary/aromatic N) is 2. The molecule has 0 aliphatic rings. The van der Waals surface area contributed by atoms with E-state index in [-0.39, 0.29) is 0 Å². The van der Waals surface area contributed by atoms with E-state index in [0.29, 0.717) is 6.04 Å². The highest BCUT2D eigenvalue weighted by molar-refractivity contribution is 7.99. The zero-order valence-corrected chi connectivity index (χ0v) is 11.4. The van der Waals surface area contributed by atoms with Crippen LogP contribution in [-0.2, 0) is 6.54 Å². The summed E-state index contributed by atoms with van der Waals surface area (Å²) in [7, 11) is 0. The Balaban J connectivity index is 2.08. The molecule has 0 spiro atoms. The van der Waals surface area contributed by atoms with Crippen molar-refractivity contribution in [3.05, 3.63) is 18.2 Å². The lowest BCUT2D eigenvalue weighted by atomic mass is 10.2. The van der Waals surface area contributed by atoms with Crippen molar-refractivity contribution in [2.75, 3.05) is 18.1 Å². The lowest BCUT2D eigenvalue weighted by Crippen LogP contribution is -2.29. The van der Waals surface area contributed by atoms with Crippen molar-refractivity contribution in [3.8, 4) is 0 Å². The Bertz CT molecular complexity index is 286. The molecule has 1 aromatic heterocycles. The number of aryl methyl sites for hydroxylation is 1. The van der Waals surface area contributed by atoms with E-state index in [1.165, 1.54) is 17.9 Å². The van der Waals surface area contributed by atoms with Gasteiger partial charge in [-0.05, 0) is 31.8 Å². The van der Waals surface area contributed by atoms with Crippen molar-refractivity contribution in [2.45, 2.75) is 39.8 Å². The third-order valence-corrected chi connectivity index (χ3v) is 3.60. The van der Waals surface area contributed by atoms with E-state index in [2.05, 4.69) is 28.7 Å². The molecule has 4 heteroatoms. The van der Waals surface area contributed by atoms with Gasteiger partial charge in [0, 0.05) is 31.5 Å². The molecule has 0 saturated carbocycles. The van der Waals surface area contributed by atoms with Crippen LogP contribution in [0.15, 0.2) is 12.4 Å². The third-order valence-electron chi connectivity index (χ3n) is 2.67. The van der Waals surface area contributed by atoms with Crippen LogP contribution >= 0.6 is 11.8 Å². The van der Waals surface area contributed by atoms with Gasteiger partial charge in [0.1, 0.15) is 5.82 Å². The highest BCUT2D eigenvalue weighted by Gasteiger charge is 2.01. The molecule has 1 atom stereocenters. The summed E-state index contributed by atoms with van der Waals surface area (Å²) in [6.07, 6.45) is 5.15. The smallest absolute Gasteiger partial charge is 0.105 e. The predicted octanol–water partition coefficient (Wildman–Crippen LogP) is 2.31. The fourth-order valence-electron chi connectivity index (χ4n) is 1.58. The summed E-state index contributed by atoms with van der Waals surface area (Å²) in [4.78, 5) is 4.21. The van der Waals surface area contributed by atoms with Crippen LogP contribution in [0.25, 0.3) is 0 Å². The summed E-state index contributed by atoms with van der Waals surface area (Å²) in [6, 6.07) is 0.614. The van der Waals surface area contributed by atoms with Gasteiger partial charge in [0.2, 0.25) is 0 Å². The fraction of sp³-hybridized carbons (Fsp3) is 0.750. The van der Waals surface area contributed by atoms with Crippen molar-refractivity contribution in [3.63, 3.8) is 0 Å². The van der Waals surface area contributed by atoms with Crippen molar-refractivity contribution >= 4 is 11.8 Å². The van der Waals surface area contributed by atoms with Crippen molar-refractivity contribution in [1.82, 2.24) is 14.9 Å². The van der Waals surface area contributed by atoms with Crippen LogP contribution in [0.5, 0.6) is 0 Å². The molecule has 1 rings (SSSR count). The largest absolute Gasteiger partial charge is 0.334 e. The number of imidazole rings is 1. The molecular weight excluding hydrogens is 218 g/mol. The zero-order valence-electron chi connectivity index (χ0n) is 10.6. The number of thioether (sulfide) groups is 1. The van der Waals surface area contributed by atoms with Crippen LogP contribution in [0, 0.1) is 6.92 Å². The molecule has 0 fully saturated rings. The topological polar surface area (TPSA) is 29.9 Å². The molecule has 1 aromatic rings. The molecule has 1 N–H and O–H groups in total. The molecule has 0 aliphatic heterocycles. The summed E-state index contributed by atoms with van der Waals surface area (Å²) >= 11 is 2.01. The van der Waals surface area contributed by atoms with Gasteiger partial charge in [-0.1, -0.05) is 6.92 Å². The minimum Gasteiger partial charge on any atom is -0.334 e. The molecular formula is C12H23N3S. The predicted molar refractivity (Wildman–Crippen MR) is 72.0 cm³/mol. The molecule has 1 heterocycles. The summed E-state index contributed by atoms with van der Waals surface area (Å²) < 4.78 is 2.18. The van der Waals surface area contributed by atoms with Gasteiger partial charge in [0.15, 0.2) is 0 Å². The Morgan fingerprint density at radius 1 is 1.56 bits per heavy atom. The van der Waals surface area contributed by atoms with E-state index in [9.17, 15) is 0 Å². The summed E-state index contributed by atoms with van der Waals surface area (Å²) in [6.45, 7) is 8.55. The second-order valence-electron chi connectivity index (χ2n) is 4.01. The van der Waals surface area contributed by atoms with E-state index < -0.39 is 0 Å². The highest BCUT2D eigenvalue weighted by Crippen LogP contribution is 2.03. The van der Waals surface area contributed by atoms with E-state index in [4.69, 9.17) is 0 Å². The quantitative estimate of drug-likeness (QED) is 0.708.